The summed E-state index contributed by atoms with van der Waals surface area (Å²) in [5, 5.41) is 0. The van der Waals surface area contributed by atoms with Crippen LogP contribution in [0, 0.1) is 5.82 Å². The SMILES string of the molecule is Fc1ccnc(/C=C/[B-](F)(F)F)c1.[K+]. The van der Waals surface area contributed by atoms with Crippen molar-refractivity contribution in [1.29, 1.82) is 0 Å². The van der Waals surface area contributed by atoms with Gasteiger partial charge in [0.15, 0.2) is 0 Å². The van der Waals surface area contributed by atoms with Crippen LogP contribution in [0.2, 0.25) is 0 Å². The van der Waals surface area contributed by atoms with Gasteiger partial charge in [0.05, 0.1) is 5.69 Å². The van der Waals surface area contributed by atoms with E-state index in [1.165, 1.54) is 0 Å². The Morgan fingerprint density at radius 3 is 2.43 bits per heavy atom. The van der Waals surface area contributed by atoms with Crippen LogP contribution in [0.25, 0.3) is 6.08 Å². The maximum Gasteiger partial charge on any atom is 1.00 e. The normalized spacial score (nSPS) is 11.4. The predicted molar refractivity (Wildman–Crippen MR) is 42.3 cm³/mol. The molecule has 0 unspecified atom stereocenters. The summed E-state index contributed by atoms with van der Waals surface area (Å²) in [4.78, 5) is 3.53. The zero-order chi connectivity index (χ0) is 9.90. The molecule has 0 amide bonds. The van der Waals surface area contributed by atoms with Crippen molar-refractivity contribution in [2.45, 2.75) is 0 Å². The summed E-state index contributed by atoms with van der Waals surface area (Å²) in [7, 11) is 0. The van der Waals surface area contributed by atoms with Crippen LogP contribution in [-0.4, -0.2) is 12.0 Å². The molecule has 0 aromatic carbocycles. The molecule has 0 aliphatic carbocycles. The Morgan fingerprint density at radius 2 is 1.93 bits per heavy atom. The average Bonchev–Trinajstić information content (AvgIpc) is 2.00. The monoisotopic (exact) mass is 229 g/mol. The Morgan fingerprint density at radius 1 is 1.29 bits per heavy atom. The minimum absolute atomic E-state index is 0. The average molecular weight is 229 g/mol. The van der Waals surface area contributed by atoms with Crippen LogP contribution >= 0.6 is 0 Å². The van der Waals surface area contributed by atoms with Gasteiger partial charge >= 0.3 is 58.4 Å². The van der Waals surface area contributed by atoms with E-state index in [4.69, 9.17) is 0 Å². The zero-order valence-electron chi connectivity index (χ0n) is 7.42. The van der Waals surface area contributed by atoms with E-state index < -0.39 is 12.8 Å². The van der Waals surface area contributed by atoms with Crippen molar-refractivity contribution in [1.82, 2.24) is 4.98 Å². The maximum absolute atomic E-state index is 12.4. The first-order valence-electron chi connectivity index (χ1n) is 3.48. The van der Waals surface area contributed by atoms with Gasteiger partial charge in [0, 0.05) is 6.20 Å². The Balaban J connectivity index is 0.00000169. The van der Waals surface area contributed by atoms with Crippen molar-refractivity contribution in [3.05, 3.63) is 35.8 Å². The smallest absolute Gasteiger partial charge is 0.445 e. The van der Waals surface area contributed by atoms with E-state index in [1.54, 1.807) is 0 Å². The summed E-state index contributed by atoms with van der Waals surface area (Å²) < 4.78 is 47.5. The molecule has 0 saturated carbocycles. The van der Waals surface area contributed by atoms with Crippen molar-refractivity contribution < 1.29 is 68.7 Å². The van der Waals surface area contributed by atoms with Crippen molar-refractivity contribution in [2.75, 3.05) is 0 Å². The van der Waals surface area contributed by atoms with Crippen LogP contribution in [-0.2, 0) is 0 Å². The molecule has 1 nitrogen and oxygen atoms in total. The van der Waals surface area contributed by atoms with Gasteiger partial charge in [-0.05, 0) is 12.1 Å². The molecule has 0 bridgehead atoms. The molecular weight excluding hydrogens is 224 g/mol. The third-order valence-corrected chi connectivity index (χ3v) is 1.23. The van der Waals surface area contributed by atoms with Crippen LogP contribution in [0.5, 0.6) is 0 Å². The van der Waals surface area contributed by atoms with E-state index >= 15 is 0 Å². The molecule has 0 fully saturated rings. The standard InChI is InChI=1S/C7H5BF4N.K/c9-6-2-4-13-7(5-6)1-3-8(10,11)12;/h1-5H;/q-1;+1/b3-1+;. The second-order valence-electron chi connectivity index (χ2n) is 2.38. The molecule has 7 heteroatoms. The van der Waals surface area contributed by atoms with Crippen LogP contribution in [0.15, 0.2) is 24.3 Å². The minimum Gasteiger partial charge on any atom is -0.445 e. The zero-order valence-corrected chi connectivity index (χ0v) is 10.5. The van der Waals surface area contributed by atoms with Crippen molar-refractivity contribution in [3.63, 3.8) is 0 Å². The molecule has 0 spiro atoms. The van der Waals surface area contributed by atoms with E-state index in [9.17, 15) is 17.3 Å². The van der Waals surface area contributed by atoms with Crippen LogP contribution in [0.1, 0.15) is 5.69 Å². The number of hydrogen-bond donors (Lipinski definition) is 0. The van der Waals surface area contributed by atoms with Gasteiger partial charge in [-0.15, -0.1) is 5.98 Å². The molecule has 1 aromatic rings. The molecule has 0 saturated heterocycles. The Kier molecular flexibility index (Phi) is 6.15. The molecule has 0 atom stereocenters. The molecule has 0 aliphatic rings. The fourth-order valence-corrected chi connectivity index (χ4v) is 0.720. The van der Waals surface area contributed by atoms with Crippen molar-refractivity contribution in [2.24, 2.45) is 0 Å². The summed E-state index contributed by atoms with van der Waals surface area (Å²) in [5.74, 6) is -0.536. The largest absolute Gasteiger partial charge is 1.00 e. The van der Waals surface area contributed by atoms with Gasteiger partial charge in [-0.25, -0.2) is 4.39 Å². The van der Waals surface area contributed by atoms with Gasteiger partial charge in [-0.3, -0.25) is 4.98 Å². The first-order valence-corrected chi connectivity index (χ1v) is 3.48. The first-order chi connectivity index (χ1) is 5.97. The van der Waals surface area contributed by atoms with Crippen molar-refractivity contribution in [3.8, 4) is 0 Å². The number of pyridine rings is 1. The first kappa shape index (κ1) is 14.3. The third kappa shape index (κ3) is 5.92. The quantitative estimate of drug-likeness (QED) is 0.497. The maximum atomic E-state index is 12.4. The third-order valence-electron chi connectivity index (χ3n) is 1.23. The molecule has 1 heterocycles. The summed E-state index contributed by atoms with van der Waals surface area (Å²) in [6.45, 7) is -4.98. The van der Waals surface area contributed by atoms with Crippen LogP contribution < -0.4 is 51.4 Å². The molecule has 0 radical (unpaired) electrons. The van der Waals surface area contributed by atoms with Gasteiger partial charge in [0.25, 0.3) is 0 Å². The summed E-state index contributed by atoms with van der Waals surface area (Å²) >= 11 is 0. The summed E-state index contributed by atoms with van der Waals surface area (Å²) in [6.07, 6.45) is 1.85. The van der Waals surface area contributed by atoms with Gasteiger partial charge in [0.1, 0.15) is 5.82 Å². The van der Waals surface area contributed by atoms with E-state index in [2.05, 4.69) is 4.98 Å². The van der Waals surface area contributed by atoms with E-state index in [0.29, 0.717) is 0 Å². The second-order valence-corrected chi connectivity index (χ2v) is 2.38. The van der Waals surface area contributed by atoms with E-state index in [-0.39, 0.29) is 63.1 Å². The molecule has 0 aliphatic heterocycles. The Labute approximate surface area is 121 Å². The molecule has 14 heavy (non-hydrogen) atoms. The summed E-state index contributed by atoms with van der Waals surface area (Å²) in [5.41, 5.74) is -0.0424. The molecule has 0 N–H and O–H groups in total. The van der Waals surface area contributed by atoms with Gasteiger partial charge in [-0.1, -0.05) is 6.08 Å². The molecular formula is C7H5BF4KN. The van der Waals surface area contributed by atoms with E-state index in [0.717, 1.165) is 24.4 Å². The van der Waals surface area contributed by atoms with Gasteiger partial charge in [0.2, 0.25) is 0 Å². The molecule has 1 rings (SSSR count). The predicted octanol–water partition coefficient (Wildman–Crippen LogP) is -0.375. The second kappa shape index (κ2) is 6.02. The summed E-state index contributed by atoms with van der Waals surface area (Å²) in [6, 6.07) is 1.99. The van der Waals surface area contributed by atoms with E-state index in [1.807, 2.05) is 0 Å². The number of rotatable bonds is 2. The van der Waals surface area contributed by atoms with Gasteiger partial charge < -0.3 is 12.9 Å². The fraction of sp³-hybridized carbons (Fsp3) is 0. The number of nitrogens with zero attached hydrogens (tertiary/aromatic N) is 1. The Bertz CT molecular complexity index is 326. The Hall–Kier alpha value is 0.311. The molecule has 70 valence electrons. The topological polar surface area (TPSA) is 12.9 Å². The molecule has 1 aromatic heterocycles. The fourth-order valence-electron chi connectivity index (χ4n) is 0.720. The number of hydrogen-bond acceptors (Lipinski definition) is 1. The van der Waals surface area contributed by atoms with Crippen molar-refractivity contribution >= 4 is 13.1 Å². The van der Waals surface area contributed by atoms with Crippen LogP contribution in [0.3, 0.4) is 0 Å². The minimum atomic E-state index is -4.98. The van der Waals surface area contributed by atoms with Crippen LogP contribution in [0.4, 0.5) is 17.3 Å². The number of aromatic nitrogens is 1. The number of halogens is 4. The van der Waals surface area contributed by atoms with Gasteiger partial charge in [-0.2, -0.15) is 0 Å².